The summed E-state index contributed by atoms with van der Waals surface area (Å²) in [7, 11) is 0. The number of carbonyl (C=O) groups is 3. The van der Waals surface area contributed by atoms with E-state index in [1.165, 1.54) is 24.4 Å². The maximum atomic E-state index is 14.6. The summed E-state index contributed by atoms with van der Waals surface area (Å²) in [5.74, 6) is -4.14. The van der Waals surface area contributed by atoms with Crippen LogP contribution in [-0.4, -0.2) is 22.5 Å². The number of aromatic nitrogens is 1. The summed E-state index contributed by atoms with van der Waals surface area (Å²) >= 11 is 1.15. The predicted molar refractivity (Wildman–Crippen MR) is 98.0 cm³/mol. The zero-order chi connectivity index (χ0) is 19.0. The Morgan fingerprint density at radius 2 is 1.74 bits per heavy atom. The first-order valence-electron chi connectivity index (χ1n) is 8.20. The number of ketones is 2. The molecule has 0 N–H and O–H groups in total. The number of benzene rings is 2. The van der Waals surface area contributed by atoms with Gasteiger partial charge in [0.15, 0.2) is 10.9 Å². The molecule has 1 saturated heterocycles. The fourth-order valence-electron chi connectivity index (χ4n) is 3.29. The van der Waals surface area contributed by atoms with Crippen LogP contribution in [0.15, 0.2) is 66.2 Å². The van der Waals surface area contributed by atoms with Gasteiger partial charge in [0.1, 0.15) is 11.7 Å². The Morgan fingerprint density at radius 1 is 1.04 bits per heavy atom. The van der Waals surface area contributed by atoms with Crippen LogP contribution in [-0.2, 0) is 9.59 Å². The Kier molecular flexibility index (Phi) is 4.37. The van der Waals surface area contributed by atoms with E-state index in [4.69, 9.17) is 0 Å². The SMILES string of the molecule is O=C1C(=O)N(c2nccs2)C(c2ccccc2F)C1C(=O)c1ccccc1. The molecule has 2 aromatic carbocycles. The van der Waals surface area contributed by atoms with E-state index < -0.39 is 35.3 Å². The standard InChI is InChI=1S/C20H13FN2O3S/c21-14-9-5-4-8-13(14)16-15(17(24)12-6-2-1-3-7-12)18(25)19(26)23(16)20-22-10-11-27-20/h1-11,15-16H. The molecule has 1 fully saturated rings. The molecule has 2 atom stereocenters. The topological polar surface area (TPSA) is 67.3 Å². The first kappa shape index (κ1) is 17.2. The Bertz CT molecular complexity index is 1020. The molecule has 0 bridgehead atoms. The van der Waals surface area contributed by atoms with Gasteiger partial charge < -0.3 is 0 Å². The summed E-state index contributed by atoms with van der Waals surface area (Å²) in [6.07, 6.45) is 1.49. The molecule has 27 heavy (non-hydrogen) atoms. The summed E-state index contributed by atoms with van der Waals surface area (Å²) in [4.78, 5) is 43.8. The molecule has 0 aliphatic carbocycles. The zero-order valence-electron chi connectivity index (χ0n) is 13.9. The van der Waals surface area contributed by atoms with E-state index in [-0.39, 0.29) is 10.7 Å². The summed E-state index contributed by atoms with van der Waals surface area (Å²) in [5.41, 5.74) is 0.409. The number of hydrogen-bond donors (Lipinski definition) is 0. The zero-order valence-corrected chi connectivity index (χ0v) is 14.7. The molecule has 5 nitrogen and oxygen atoms in total. The van der Waals surface area contributed by atoms with E-state index in [1.54, 1.807) is 41.8 Å². The molecule has 1 aliphatic heterocycles. The number of Topliss-reactive ketones (excluding diaryl/α,β-unsaturated/α-hetero) is 2. The van der Waals surface area contributed by atoms with Crippen molar-refractivity contribution in [3.63, 3.8) is 0 Å². The number of thiazole rings is 1. The van der Waals surface area contributed by atoms with Crippen molar-refractivity contribution in [1.29, 1.82) is 0 Å². The van der Waals surface area contributed by atoms with Crippen molar-refractivity contribution in [2.45, 2.75) is 6.04 Å². The Hall–Kier alpha value is -3.19. The van der Waals surface area contributed by atoms with Gasteiger partial charge in [-0.3, -0.25) is 19.3 Å². The molecule has 0 radical (unpaired) electrons. The lowest BCUT2D eigenvalue weighted by molar-refractivity contribution is -0.135. The van der Waals surface area contributed by atoms with E-state index in [1.807, 2.05) is 0 Å². The Labute approximate surface area is 158 Å². The molecule has 134 valence electrons. The molecule has 2 unspecified atom stereocenters. The number of nitrogens with zero attached hydrogens (tertiary/aromatic N) is 2. The van der Waals surface area contributed by atoms with E-state index in [2.05, 4.69) is 4.98 Å². The van der Waals surface area contributed by atoms with Crippen molar-refractivity contribution in [2.75, 3.05) is 4.90 Å². The normalized spacial score (nSPS) is 19.5. The lowest BCUT2D eigenvalue weighted by Gasteiger charge is -2.25. The van der Waals surface area contributed by atoms with Crippen molar-refractivity contribution >= 4 is 33.9 Å². The van der Waals surface area contributed by atoms with Crippen LogP contribution in [0.25, 0.3) is 0 Å². The van der Waals surface area contributed by atoms with Crippen molar-refractivity contribution in [3.8, 4) is 0 Å². The van der Waals surface area contributed by atoms with Crippen LogP contribution in [0, 0.1) is 11.7 Å². The van der Waals surface area contributed by atoms with Gasteiger partial charge in [0.2, 0.25) is 5.78 Å². The first-order valence-corrected chi connectivity index (χ1v) is 9.08. The van der Waals surface area contributed by atoms with Crippen LogP contribution < -0.4 is 4.90 Å². The summed E-state index contributed by atoms with van der Waals surface area (Å²) in [5, 5.41) is 1.91. The molecule has 0 spiro atoms. The van der Waals surface area contributed by atoms with Crippen LogP contribution in [0.4, 0.5) is 9.52 Å². The molecule has 3 aromatic rings. The second kappa shape index (κ2) is 6.85. The minimum absolute atomic E-state index is 0.112. The third kappa shape index (κ3) is 2.86. The van der Waals surface area contributed by atoms with E-state index in [9.17, 15) is 18.8 Å². The molecule has 7 heteroatoms. The van der Waals surface area contributed by atoms with E-state index >= 15 is 0 Å². The fraction of sp³-hybridized carbons (Fsp3) is 0.100. The predicted octanol–water partition coefficient (Wildman–Crippen LogP) is 3.44. The highest BCUT2D eigenvalue weighted by Crippen LogP contribution is 2.42. The second-order valence-corrected chi connectivity index (χ2v) is 6.90. The van der Waals surface area contributed by atoms with E-state index in [0.29, 0.717) is 5.56 Å². The van der Waals surface area contributed by atoms with Crippen LogP contribution >= 0.6 is 11.3 Å². The number of amides is 1. The van der Waals surface area contributed by atoms with Gasteiger partial charge in [-0.25, -0.2) is 9.37 Å². The highest BCUT2D eigenvalue weighted by atomic mass is 32.1. The lowest BCUT2D eigenvalue weighted by Crippen LogP contribution is -2.31. The van der Waals surface area contributed by atoms with Crippen molar-refractivity contribution in [1.82, 2.24) is 4.98 Å². The number of hydrogen-bond acceptors (Lipinski definition) is 5. The second-order valence-electron chi connectivity index (χ2n) is 6.03. The van der Waals surface area contributed by atoms with Gasteiger partial charge >= 0.3 is 0 Å². The minimum atomic E-state index is -1.33. The molecule has 1 aromatic heterocycles. The smallest absolute Gasteiger partial charge is 0.293 e. The molecular weight excluding hydrogens is 367 g/mol. The van der Waals surface area contributed by atoms with Gasteiger partial charge in [-0.05, 0) is 6.07 Å². The molecule has 4 rings (SSSR count). The lowest BCUT2D eigenvalue weighted by atomic mass is 9.86. The summed E-state index contributed by atoms with van der Waals surface area (Å²) < 4.78 is 14.6. The Morgan fingerprint density at radius 3 is 2.41 bits per heavy atom. The maximum Gasteiger partial charge on any atom is 0.297 e. The first-order chi connectivity index (χ1) is 13.1. The van der Waals surface area contributed by atoms with Crippen molar-refractivity contribution in [3.05, 3.63) is 83.1 Å². The average molecular weight is 380 g/mol. The van der Waals surface area contributed by atoms with Crippen LogP contribution in [0.5, 0.6) is 0 Å². The number of carbonyl (C=O) groups excluding carboxylic acids is 3. The molecule has 2 heterocycles. The van der Waals surface area contributed by atoms with E-state index in [0.717, 1.165) is 16.2 Å². The number of anilines is 1. The maximum absolute atomic E-state index is 14.6. The monoisotopic (exact) mass is 380 g/mol. The summed E-state index contributed by atoms with van der Waals surface area (Å²) in [6, 6.07) is 13.0. The van der Waals surface area contributed by atoms with Gasteiger partial charge in [0, 0.05) is 22.7 Å². The van der Waals surface area contributed by atoms with Crippen LogP contribution in [0.3, 0.4) is 0 Å². The van der Waals surface area contributed by atoms with Gasteiger partial charge in [0.25, 0.3) is 5.91 Å². The Balaban J connectivity index is 1.88. The van der Waals surface area contributed by atoms with Crippen LogP contribution in [0.1, 0.15) is 22.0 Å². The molecule has 0 saturated carbocycles. The fourth-order valence-corrected chi connectivity index (χ4v) is 3.96. The highest BCUT2D eigenvalue weighted by Gasteiger charge is 2.53. The van der Waals surface area contributed by atoms with Gasteiger partial charge in [-0.2, -0.15) is 0 Å². The van der Waals surface area contributed by atoms with Gasteiger partial charge in [-0.1, -0.05) is 48.5 Å². The quantitative estimate of drug-likeness (QED) is 0.395. The van der Waals surface area contributed by atoms with Crippen molar-refractivity contribution < 1.29 is 18.8 Å². The highest BCUT2D eigenvalue weighted by molar-refractivity contribution is 7.14. The number of halogens is 1. The average Bonchev–Trinajstić information content (AvgIpc) is 3.30. The van der Waals surface area contributed by atoms with Gasteiger partial charge in [0.05, 0.1) is 6.04 Å². The number of rotatable bonds is 4. The molecular formula is C20H13FN2O3S. The summed E-state index contributed by atoms with van der Waals surface area (Å²) in [6.45, 7) is 0. The molecule has 1 aliphatic rings. The van der Waals surface area contributed by atoms with Crippen molar-refractivity contribution in [2.24, 2.45) is 5.92 Å². The third-order valence-electron chi connectivity index (χ3n) is 4.50. The molecule has 1 amide bonds. The van der Waals surface area contributed by atoms with Gasteiger partial charge in [-0.15, -0.1) is 11.3 Å². The third-order valence-corrected chi connectivity index (χ3v) is 5.27. The minimum Gasteiger partial charge on any atom is -0.293 e. The van der Waals surface area contributed by atoms with Crippen LogP contribution in [0.2, 0.25) is 0 Å². The largest absolute Gasteiger partial charge is 0.297 e.